The first-order valence-electron chi connectivity index (χ1n) is 9.70. The van der Waals surface area contributed by atoms with Crippen LogP contribution in [-0.2, 0) is 0 Å². The third kappa shape index (κ3) is 3.29. The molecular formula is C22H29P. The Morgan fingerprint density at radius 1 is 0.565 bits per heavy atom. The summed E-state index contributed by atoms with van der Waals surface area (Å²) in [6.07, 6.45) is 14.4. The average Bonchev–Trinajstić information content (AvgIpc) is 3.09. The van der Waals surface area contributed by atoms with Crippen molar-refractivity contribution in [1.29, 1.82) is 0 Å². The maximum atomic E-state index is 2.55. The summed E-state index contributed by atoms with van der Waals surface area (Å²) in [5.41, 5.74) is 0. The third-order valence-corrected chi connectivity index (χ3v) is 8.88. The summed E-state index contributed by atoms with van der Waals surface area (Å²) in [6, 6.07) is 16.6. The Labute approximate surface area is 142 Å². The minimum Gasteiger partial charge on any atom is -0.0863 e. The maximum Gasteiger partial charge on any atom is -0.00166 e. The van der Waals surface area contributed by atoms with Crippen LogP contribution in [0.5, 0.6) is 0 Å². The zero-order valence-corrected chi connectivity index (χ0v) is 15.1. The van der Waals surface area contributed by atoms with Gasteiger partial charge < -0.3 is 0 Å². The van der Waals surface area contributed by atoms with E-state index in [0.29, 0.717) is 0 Å². The Kier molecular flexibility index (Phi) is 4.90. The molecule has 0 N–H and O–H groups in total. The summed E-state index contributed by atoms with van der Waals surface area (Å²) in [5, 5.41) is 5.23. The van der Waals surface area contributed by atoms with Gasteiger partial charge in [-0.3, -0.25) is 0 Å². The van der Waals surface area contributed by atoms with Gasteiger partial charge in [-0.25, -0.2) is 0 Å². The molecule has 2 saturated carbocycles. The average molecular weight is 324 g/mol. The van der Waals surface area contributed by atoms with Gasteiger partial charge in [-0.2, -0.15) is 0 Å². The van der Waals surface area contributed by atoms with Crippen LogP contribution in [0.2, 0.25) is 0 Å². The molecule has 122 valence electrons. The molecule has 1 heteroatoms. The standard InChI is InChI=1S/C22H29P/c1-4-10-18(11-5-1)21-16-17-22(19-12-6-2-7-13-19)23(21)20-14-8-3-9-15-20/h3,8-9,14-19H,1-2,4-7,10-13H2. The summed E-state index contributed by atoms with van der Waals surface area (Å²) in [6.45, 7) is 0. The molecule has 1 heterocycles. The van der Waals surface area contributed by atoms with E-state index in [2.05, 4.69) is 42.5 Å². The molecule has 0 unspecified atom stereocenters. The monoisotopic (exact) mass is 324 g/mol. The molecule has 0 aliphatic heterocycles. The summed E-state index contributed by atoms with van der Waals surface area (Å²) < 4.78 is 0. The molecule has 1 aromatic heterocycles. The summed E-state index contributed by atoms with van der Waals surface area (Å²) >= 11 is 0. The van der Waals surface area contributed by atoms with Gasteiger partial charge in [0.05, 0.1) is 0 Å². The highest BCUT2D eigenvalue weighted by Gasteiger charge is 2.25. The van der Waals surface area contributed by atoms with Crippen molar-refractivity contribution in [2.24, 2.45) is 0 Å². The van der Waals surface area contributed by atoms with E-state index in [-0.39, 0.29) is 7.53 Å². The zero-order valence-electron chi connectivity index (χ0n) is 14.2. The van der Waals surface area contributed by atoms with Crippen molar-refractivity contribution in [3.8, 4) is 5.30 Å². The molecule has 1 aromatic carbocycles. The second-order valence-electron chi connectivity index (χ2n) is 7.52. The van der Waals surface area contributed by atoms with Crippen molar-refractivity contribution < 1.29 is 0 Å². The third-order valence-electron chi connectivity index (χ3n) is 6.00. The lowest BCUT2D eigenvalue weighted by molar-refractivity contribution is 0.447. The normalized spacial score (nSPS) is 20.7. The van der Waals surface area contributed by atoms with Crippen LogP contribution >= 0.6 is 7.53 Å². The van der Waals surface area contributed by atoms with Crippen molar-refractivity contribution in [1.82, 2.24) is 0 Å². The van der Waals surface area contributed by atoms with Gasteiger partial charge in [0.1, 0.15) is 0 Å². The Morgan fingerprint density at radius 2 is 1.04 bits per heavy atom. The SMILES string of the molecule is c1ccc(-p2c(C3CCCCC3)ccc2C2CCCCC2)cc1. The van der Waals surface area contributed by atoms with E-state index in [0.717, 1.165) is 11.8 Å². The highest BCUT2D eigenvalue weighted by Crippen LogP contribution is 2.57. The van der Waals surface area contributed by atoms with Crippen molar-refractivity contribution in [2.45, 2.75) is 76.0 Å². The highest BCUT2D eigenvalue weighted by molar-refractivity contribution is 7.58. The number of benzene rings is 1. The van der Waals surface area contributed by atoms with E-state index in [9.17, 15) is 0 Å². The van der Waals surface area contributed by atoms with Crippen LogP contribution in [0.15, 0.2) is 42.5 Å². The van der Waals surface area contributed by atoms with Gasteiger partial charge in [-0.05, 0) is 53.4 Å². The molecule has 4 rings (SSSR count). The molecule has 0 amide bonds. The fourth-order valence-corrected chi connectivity index (χ4v) is 7.84. The molecule has 2 aliphatic carbocycles. The Hall–Kier alpha value is -1.00. The van der Waals surface area contributed by atoms with Crippen LogP contribution in [0.1, 0.15) is 86.6 Å². The molecule has 23 heavy (non-hydrogen) atoms. The summed E-state index contributed by atoms with van der Waals surface area (Å²) in [5.74, 6) is 1.74. The molecule has 2 aliphatic rings. The Bertz CT molecular complexity index is 577. The van der Waals surface area contributed by atoms with E-state index >= 15 is 0 Å². The van der Waals surface area contributed by atoms with Crippen LogP contribution in [0.25, 0.3) is 5.30 Å². The van der Waals surface area contributed by atoms with E-state index in [1.54, 1.807) is 5.30 Å². The lowest BCUT2D eigenvalue weighted by Crippen LogP contribution is -2.04. The van der Waals surface area contributed by atoms with E-state index in [4.69, 9.17) is 0 Å². The lowest BCUT2D eigenvalue weighted by Gasteiger charge is -2.26. The van der Waals surface area contributed by atoms with Crippen molar-refractivity contribution >= 4 is 7.53 Å². The molecule has 2 aromatic rings. The van der Waals surface area contributed by atoms with Crippen molar-refractivity contribution in [3.05, 3.63) is 53.1 Å². The van der Waals surface area contributed by atoms with E-state index in [1.807, 2.05) is 10.6 Å². The van der Waals surface area contributed by atoms with Gasteiger partial charge in [-0.15, -0.1) is 0 Å². The molecule has 0 bridgehead atoms. The fourth-order valence-electron chi connectivity index (χ4n) is 4.78. The molecule has 0 nitrogen and oxygen atoms in total. The minimum atomic E-state index is -0.191. The van der Waals surface area contributed by atoms with Crippen LogP contribution < -0.4 is 0 Å². The van der Waals surface area contributed by atoms with Crippen molar-refractivity contribution in [3.63, 3.8) is 0 Å². The van der Waals surface area contributed by atoms with Crippen LogP contribution in [0.3, 0.4) is 0 Å². The fraction of sp³-hybridized carbons (Fsp3) is 0.545. The molecule has 0 atom stereocenters. The summed E-state index contributed by atoms with van der Waals surface area (Å²) in [7, 11) is -0.191. The van der Waals surface area contributed by atoms with Crippen molar-refractivity contribution in [2.75, 3.05) is 0 Å². The molecule has 0 radical (unpaired) electrons. The number of hydrogen-bond acceptors (Lipinski definition) is 0. The molecular weight excluding hydrogens is 295 g/mol. The van der Waals surface area contributed by atoms with Crippen LogP contribution in [-0.4, -0.2) is 0 Å². The molecule has 2 fully saturated rings. The number of hydrogen-bond donors (Lipinski definition) is 0. The second kappa shape index (κ2) is 7.27. The first-order valence-corrected chi connectivity index (χ1v) is 11.0. The van der Waals surface area contributed by atoms with Gasteiger partial charge >= 0.3 is 0 Å². The Balaban J connectivity index is 1.75. The molecule has 0 spiro atoms. The topological polar surface area (TPSA) is 0 Å². The van der Waals surface area contributed by atoms with Gasteiger partial charge in [-0.1, -0.05) is 88.5 Å². The second-order valence-corrected chi connectivity index (χ2v) is 9.74. The molecule has 0 saturated heterocycles. The van der Waals surface area contributed by atoms with Gasteiger partial charge in [0.2, 0.25) is 0 Å². The predicted molar refractivity (Wildman–Crippen MR) is 102 cm³/mol. The minimum absolute atomic E-state index is 0.191. The maximum absolute atomic E-state index is 2.55. The first kappa shape index (κ1) is 15.5. The first-order chi connectivity index (χ1) is 11.4. The van der Waals surface area contributed by atoms with Gasteiger partial charge in [0, 0.05) is 0 Å². The highest BCUT2D eigenvalue weighted by atomic mass is 31.1. The van der Waals surface area contributed by atoms with E-state index in [1.165, 1.54) is 64.2 Å². The van der Waals surface area contributed by atoms with E-state index < -0.39 is 0 Å². The number of rotatable bonds is 3. The smallest absolute Gasteiger partial charge is 0.00166 e. The predicted octanol–water partition coefficient (Wildman–Crippen LogP) is 7.76. The Morgan fingerprint density at radius 3 is 1.52 bits per heavy atom. The van der Waals surface area contributed by atoms with Gasteiger partial charge in [0.25, 0.3) is 0 Å². The lowest BCUT2D eigenvalue weighted by atomic mass is 9.87. The largest absolute Gasteiger partial charge is 0.0863 e. The van der Waals surface area contributed by atoms with Crippen LogP contribution in [0.4, 0.5) is 0 Å². The van der Waals surface area contributed by atoms with Gasteiger partial charge in [0.15, 0.2) is 0 Å². The van der Waals surface area contributed by atoms with Crippen LogP contribution in [0, 0.1) is 0 Å². The quantitative estimate of drug-likeness (QED) is 0.541. The summed E-state index contributed by atoms with van der Waals surface area (Å²) in [4.78, 5) is 0. The zero-order chi connectivity index (χ0) is 15.5.